The lowest BCUT2D eigenvalue weighted by molar-refractivity contribution is 0.492. The molecule has 1 aromatic heterocycles. The Morgan fingerprint density at radius 1 is 1.18 bits per heavy atom. The molecular weight excluding hydrogens is 212 g/mol. The van der Waals surface area contributed by atoms with Crippen LogP contribution < -0.4 is 5.73 Å². The van der Waals surface area contributed by atoms with Gasteiger partial charge in [-0.2, -0.15) is 5.10 Å². The number of benzene rings is 1. The molecule has 0 unspecified atom stereocenters. The lowest BCUT2D eigenvalue weighted by Gasteiger charge is -2.11. The molecule has 2 aromatic rings. The van der Waals surface area contributed by atoms with Gasteiger partial charge in [0.1, 0.15) is 5.82 Å². The Hall–Kier alpha value is -1.68. The highest BCUT2D eigenvalue weighted by Gasteiger charge is 2.15. The molecule has 0 radical (unpaired) electrons. The van der Waals surface area contributed by atoms with Gasteiger partial charge in [0.25, 0.3) is 0 Å². The van der Waals surface area contributed by atoms with Crippen LogP contribution in [0.1, 0.15) is 31.3 Å². The van der Waals surface area contributed by atoms with Crippen molar-refractivity contribution in [2.75, 3.05) is 0 Å². The standard InChI is InChI=1S/C13H18N4/c1-8(2)11(14)13-15-12(16-17-13)10-6-4-9(3)5-7-10/h4-8,11H,14H2,1-3H3,(H,15,16,17)/t11-/m1/s1. The summed E-state index contributed by atoms with van der Waals surface area (Å²) >= 11 is 0. The van der Waals surface area contributed by atoms with Gasteiger partial charge in [-0.05, 0) is 12.8 Å². The third kappa shape index (κ3) is 2.53. The maximum atomic E-state index is 6.02. The normalized spacial score (nSPS) is 13.0. The van der Waals surface area contributed by atoms with Gasteiger partial charge < -0.3 is 5.73 Å². The van der Waals surface area contributed by atoms with Crippen molar-refractivity contribution in [2.24, 2.45) is 11.7 Å². The highest BCUT2D eigenvalue weighted by Crippen LogP contribution is 2.19. The summed E-state index contributed by atoms with van der Waals surface area (Å²) in [6, 6.07) is 8.04. The number of rotatable bonds is 3. The maximum absolute atomic E-state index is 6.02. The topological polar surface area (TPSA) is 67.6 Å². The number of H-pyrrole nitrogens is 1. The highest BCUT2D eigenvalue weighted by atomic mass is 15.2. The van der Waals surface area contributed by atoms with Crippen molar-refractivity contribution in [3.63, 3.8) is 0 Å². The molecule has 0 spiro atoms. The molecule has 0 amide bonds. The first kappa shape index (κ1) is 11.8. The van der Waals surface area contributed by atoms with Gasteiger partial charge in [-0.25, -0.2) is 4.98 Å². The molecule has 17 heavy (non-hydrogen) atoms. The molecule has 90 valence electrons. The van der Waals surface area contributed by atoms with E-state index < -0.39 is 0 Å². The minimum Gasteiger partial charge on any atom is -0.321 e. The predicted octanol–water partition coefficient (Wildman–Crippen LogP) is 2.44. The Balaban J connectivity index is 2.26. The largest absolute Gasteiger partial charge is 0.321 e. The number of hydrogen-bond acceptors (Lipinski definition) is 3. The second-order valence-electron chi connectivity index (χ2n) is 4.68. The van der Waals surface area contributed by atoms with Crippen LogP contribution in [0.25, 0.3) is 11.4 Å². The van der Waals surface area contributed by atoms with Crippen LogP contribution >= 0.6 is 0 Å². The van der Waals surface area contributed by atoms with Crippen molar-refractivity contribution in [1.29, 1.82) is 0 Å². The monoisotopic (exact) mass is 230 g/mol. The third-order valence-electron chi connectivity index (χ3n) is 2.85. The van der Waals surface area contributed by atoms with Gasteiger partial charge in [0.15, 0.2) is 5.82 Å². The van der Waals surface area contributed by atoms with E-state index in [-0.39, 0.29) is 6.04 Å². The van der Waals surface area contributed by atoms with Gasteiger partial charge in [0.2, 0.25) is 0 Å². The van der Waals surface area contributed by atoms with Crippen LogP contribution in [0.5, 0.6) is 0 Å². The van der Waals surface area contributed by atoms with Gasteiger partial charge >= 0.3 is 0 Å². The maximum Gasteiger partial charge on any atom is 0.181 e. The Labute approximate surface area is 101 Å². The molecule has 0 saturated carbocycles. The number of nitrogens with zero attached hydrogens (tertiary/aromatic N) is 2. The fourth-order valence-corrected chi connectivity index (χ4v) is 1.57. The summed E-state index contributed by atoms with van der Waals surface area (Å²) in [5, 5.41) is 7.12. The summed E-state index contributed by atoms with van der Waals surface area (Å²) < 4.78 is 0. The van der Waals surface area contributed by atoms with Crippen molar-refractivity contribution in [1.82, 2.24) is 15.2 Å². The van der Waals surface area contributed by atoms with E-state index >= 15 is 0 Å². The molecule has 1 heterocycles. The molecule has 1 aromatic carbocycles. The van der Waals surface area contributed by atoms with E-state index in [1.165, 1.54) is 5.56 Å². The van der Waals surface area contributed by atoms with Crippen LogP contribution in [0, 0.1) is 12.8 Å². The summed E-state index contributed by atoms with van der Waals surface area (Å²) in [6.45, 7) is 6.19. The first-order valence-corrected chi connectivity index (χ1v) is 5.83. The van der Waals surface area contributed by atoms with Crippen LogP contribution in [0.2, 0.25) is 0 Å². The summed E-state index contributed by atoms with van der Waals surface area (Å²) in [7, 11) is 0. The number of aromatic amines is 1. The molecule has 4 nitrogen and oxygen atoms in total. The van der Waals surface area contributed by atoms with Crippen molar-refractivity contribution < 1.29 is 0 Å². The van der Waals surface area contributed by atoms with Crippen LogP contribution in [-0.4, -0.2) is 15.2 Å². The molecule has 3 N–H and O–H groups in total. The second-order valence-corrected chi connectivity index (χ2v) is 4.68. The van der Waals surface area contributed by atoms with Gasteiger partial charge in [-0.15, -0.1) is 0 Å². The van der Waals surface area contributed by atoms with E-state index in [9.17, 15) is 0 Å². The Morgan fingerprint density at radius 2 is 1.82 bits per heavy atom. The van der Waals surface area contributed by atoms with E-state index in [0.29, 0.717) is 11.7 Å². The van der Waals surface area contributed by atoms with Crippen LogP contribution in [0.15, 0.2) is 24.3 Å². The van der Waals surface area contributed by atoms with Crippen LogP contribution in [0.3, 0.4) is 0 Å². The van der Waals surface area contributed by atoms with Crippen molar-refractivity contribution in [2.45, 2.75) is 26.8 Å². The average Bonchev–Trinajstić information content (AvgIpc) is 2.78. The van der Waals surface area contributed by atoms with E-state index in [0.717, 1.165) is 11.4 Å². The minimum atomic E-state index is -0.0956. The first-order valence-electron chi connectivity index (χ1n) is 5.83. The fourth-order valence-electron chi connectivity index (χ4n) is 1.57. The second kappa shape index (κ2) is 4.67. The molecule has 1 atom stereocenters. The molecule has 0 aliphatic carbocycles. The molecule has 2 rings (SSSR count). The molecule has 0 saturated heterocycles. The predicted molar refractivity (Wildman–Crippen MR) is 68.3 cm³/mol. The van der Waals surface area contributed by atoms with E-state index in [2.05, 4.69) is 36.0 Å². The van der Waals surface area contributed by atoms with Gasteiger partial charge in [0.05, 0.1) is 6.04 Å². The Kier molecular flexibility index (Phi) is 3.24. The van der Waals surface area contributed by atoms with Crippen molar-refractivity contribution >= 4 is 0 Å². The lowest BCUT2D eigenvalue weighted by Crippen LogP contribution is -2.18. The number of nitrogens with one attached hydrogen (secondary N) is 1. The van der Waals surface area contributed by atoms with Gasteiger partial charge in [0, 0.05) is 5.56 Å². The smallest absolute Gasteiger partial charge is 0.181 e. The van der Waals surface area contributed by atoms with E-state index in [1.807, 2.05) is 24.3 Å². The van der Waals surface area contributed by atoms with Crippen molar-refractivity contribution in [3.05, 3.63) is 35.7 Å². The number of aromatic nitrogens is 3. The van der Waals surface area contributed by atoms with Crippen molar-refractivity contribution in [3.8, 4) is 11.4 Å². The SMILES string of the molecule is Cc1ccc(-c2n[nH]c([C@H](N)C(C)C)n2)cc1. The fraction of sp³-hybridized carbons (Fsp3) is 0.385. The highest BCUT2D eigenvalue weighted by molar-refractivity contribution is 5.54. The molecule has 0 aliphatic heterocycles. The van der Waals surface area contributed by atoms with E-state index in [1.54, 1.807) is 0 Å². The first-order chi connectivity index (χ1) is 8.08. The number of nitrogens with two attached hydrogens (primary N) is 1. The summed E-state index contributed by atoms with van der Waals surface area (Å²) in [6.07, 6.45) is 0. The molecule has 0 fully saturated rings. The van der Waals surface area contributed by atoms with E-state index in [4.69, 9.17) is 5.73 Å². The molecule has 4 heteroatoms. The lowest BCUT2D eigenvalue weighted by atomic mass is 10.1. The Morgan fingerprint density at radius 3 is 2.41 bits per heavy atom. The minimum absolute atomic E-state index is 0.0956. The van der Waals surface area contributed by atoms with Gasteiger partial charge in [-0.1, -0.05) is 43.7 Å². The summed E-state index contributed by atoms with van der Waals surface area (Å²) in [5.74, 6) is 1.79. The quantitative estimate of drug-likeness (QED) is 0.851. The molecule has 0 aliphatic rings. The number of hydrogen-bond donors (Lipinski definition) is 2. The average molecular weight is 230 g/mol. The number of aryl methyl sites for hydroxylation is 1. The summed E-state index contributed by atoms with van der Waals surface area (Å²) in [5.41, 5.74) is 8.25. The zero-order valence-electron chi connectivity index (χ0n) is 10.4. The molecular formula is C13H18N4. The zero-order chi connectivity index (χ0) is 12.4. The van der Waals surface area contributed by atoms with Gasteiger partial charge in [-0.3, -0.25) is 5.10 Å². The summed E-state index contributed by atoms with van der Waals surface area (Å²) in [4.78, 5) is 4.44. The van der Waals surface area contributed by atoms with Crippen LogP contribution in [0.4, 0.5) is 0 Å². The third-order valence-corrected chi connectivity index (χ3v) is 2.85. The Bertz CT molecular complexity index is 484. The molecule has 0 bridgehead atoms. The zero-order valence-corrected chi connectivity index (χ0v) is 10.4. The van der Waals surface area contributed by atoms with Crippen LogP contribution in [-0.2, 0) is 0 Å².